The number of rotatable bonds is 9. The van der Waals surface area contributed by atoms with Gasteiger partial charge in [-0.1, -0.05) is 12.1 Å². The standard InChI is InChI=1S/C21H24N2O10/c24-13(10-23-14(25)6-7-15(23)26)22-8-2-4-11-3-1-5-12(9-11)32-21-18(29)16(27)17(28)19(33-21)20(30)31/h1,3,5-7,9,16-19,21,27-29H,2,4,8,10H2,(H,22,24)(H,30,31)/t16-,17-,18+,19-,21+/m0/s1. The highest BCUT2D eigenvalue weighted by molar-refractivity contribution is 6.14. The summed E-state index contributed by atoms with van der Waals surface area (Å²) < 4.78 is 10.6. The molecule has 0 aliphatic carbocycles. The molecule has 2 aliphatic heterocycles. The molecule has 1 saturated heterocycles. The van der Waals surface area contributed by atoms with Gasteiger partial charge < -0.3 is 35.2 Å². The van der Waals surface area contributed by atoms with Crippen LogP contribution in [0.5, 0.6) is 5.75 Å². The Morgan fingerprint density at radius 3 is 2.42 bits per heavy atom. The van der Waals surface area contributed by atoms with Gasteiger partial charge in [0, 0.05) is 18.7 Å². The predicted molar refractivity (Wildman–Crippen MR) is 109 cm³/mol. The zero-order valence-electron chi connectivity index (χ0n) is 17.4. The summed E-state index contributed by atoms with van der Waals surface area (Å²) in [7, 11) is 0. The van der Waals surface area contributed by atoms with Gasteiger partial charge in [-0.15, -0.1) is 0 Å². The summed E-state index contributed by atoms with van der Waals surface area (Å²) in [4.78, 5) is 46.9. The Morgan fingerprint density at radius 1 is 1.06 bits per heavy atom. The van der Waals surface area contributed by atoms with E-state index in [2.05, 4.69) is 5.32 Å². The third kappa shape index (κ3) is 5.93. The van der Waals surface area contributed by atoms with Crippen LogP contribution in [0.25, 0.3) is 0 Å². The summed E-state index contributed by atoms with van der Waals surface area (Å²) >= 11 is 0. The third-order valence-corrected chi connectivity index (χ3v) is 5.13. The van der Waals surface area contributed by atoms with Gasteiger partial charge >= 0.3 is 5.97 Å². The number of imide groups is 1. The highest BCUT2D eigenvalue weighted by Gasteiger charge is 2.48. The van der Waals surface area contributed by atoms with Crippen LogP contribution in [0.15, 0.2) is 36.4 Å². The number of nitrogens with one attached hydrogen (secondary N) is 1. The quantitative estimate of drug-likeness (QED) is 0.201. The van der Waals surface area contributed by atoms with Crippen molar-refractivity contribution in [3.05, 3.63) is 42.0 Å². The number of carbonyl (C=O) groups is 4. The van der Waals surface area contributed by atoms with Gasteiger partial charge in [0.2, 0.25) is 12.2 Å². The lowest BCUT2D eigenvalue weighted by Crippen LogP contribution is -2.61. The van der Waals surface area contributed by atoms with Gasteiger partial charge in [0.25, 0.3) is 11.8 Å². The van der Waals surface area contributed by atoms with Crippen molar-refractivity contribution in [2.75, 3.05) is 13.1 Å². The fourth-order valence-electron chi connectivity index (χ4n) is 3.36. The van der Waals surface area contributed by atoms with Crippen molar-refractivity contribution in [3.63, 3.8) is 0 Å². The van der Waals surface area contributed by atoms with Crippen LogP contribution >= 0.6 is 0 Å². The summed E-state index contributed by atoms with van der Waals surface area (Å²) in [5, 5.41) is 41.4. The fourth-order valence-corrected chi connectivity index (χ4v) is 3.36. The normalized spacial score (nSPS) is 27.0. The van der Waals surface area contributed by atoms with Crippen LogP contribution in [0.1, 0.15) is 12.0 Å². The summed E-state index contributed by atoms with van der Waals surface area (Å²) in [5.74, 6) is -2.79. The van der Waals surface area contributed by atoms with E-state index >= 15 is 0 Å². The molecule has 1 aromatic rings. The van der Waals surface area contributed by atoms with Crippen molar-refractivity contribution < 1.29 is 49.1 Å². The van der Waals surface area contributed by atoms with E-state index in [0.717, 1.165) is 22.6 Å². The van der Waals surface area contributed by atoms with Crippen LogP contribution in [0, 0.1) is 0 Å². The van der Waals surface area contributed by atoms with Crippen LogP contribution in [0.2, 0.25) is 0 Å². The van der Waals surface area contributed by atoms with Gasteiger partial charge in [-0.25, -0.2) is 4.79 Å². The number of carbonyl (C=O) groups excluding carboxylic acids is 3. The molecular formula is C21H24N2O10. The topological polar surface area (TPSA) is 183 Å². The third-order valence-electron chi connectivity index (χ3n) is 5.13. The van der Waals surface area contributed by atoms with E-state index in [1.165, 1.54) is 0 Å². The van der Waals surface area contributed by atoms with Crippen molar-refractivity contribution in [3.8, 4) is 5.75 Å². The zero-order chi connectivity index (χ0) is 24.1. The molecule has 178 valence electrons. The molecule has 0 unspecified atom stereocenters. The second-order valence-corrected chi connectivity index (χ2v) is 7.55. The number of hydrogen-bond donors (Lipinski definition) is 5. The molecule has 0 spiro atoms. The molecule has 0 bridgehead atoms. The average Bonchev–Trinajstić information content (AvgIpc) is 3.09. The van der Waals surface area contributed by atoms with Crippen molar-refractivity contribution >= 4 is 23.7 Å². The number of carboxylic acids is 1. The lowest BCUT2D eigenvalue weighted by Gasteiger charge is -2.38. The SMILES string of the molecule is O=C(CN1C(=O)C=CC1=O)NCCCc1cccc(O[C@@H]2O[C@H](C(=O)O)[C@@H](O)[C@H](O)[C@H]2O)c1. The number of carboxylic acid groups (broad SMARTS) is 1. The first-order valence-corrected chi connectivity index (χ1v) is 10.2. The number of amides is 3. The highest BCUT2D eigenvalue weighted by atomic mass is 16.7. The van der Waals surface area contributed by atoms with Crippen molar-refractivity contribution in [1.82, 2.24) is 10.2 Å². The number of aliphatic carboxylic acids is 1. The van der Waals surface area contributed by atoms with Crippen molar-refractivity contribution in [2.45, 2.75) is 43.5 Å². The monoisotopic (exact) mass is 464 g/mol. The van der Waals surface area contributed by atoms with Gasteiger partial charge in [-0.05, 0) is 30.5 Å². The van der Waals surface area contributed by atoms with Gasteiger partial charge in [-0.2, -0.15) is 0 Å². The summed E-state index contributed by atoms with van der Waals surface area (Å²) in [6.07, 6.45) is -5.25. The number of nitrogens with zero attached hydrogens (tertiary/aromatic N) is 1. The van der Waals surface area contributed by atoms with E-state index < -0.39 is 54.4 Å². The first-order chi connectivity index (χ1) is 15.7. The predicted octanol–water partition coefficient (Wildman–Crippen LogP) is -2.07. The molecule has 2 aliphatic rings. The molecule has 2 heterocycles. The smallest absolute Gasteiger partial charge is 0.335 e. The maximum atomic E-state index is 11.9. The molecule has 0 saturated carbocycles. The number of benzene rings is 1. The summed E-state index contributed by atoms with van der Waals surface area (Å²) in [5.41, 5.74) is 0.802. The lowest BCUT2D eigenvalue weighted by molar-refractivity contribution is -0.271. The van der Waals surface area contributed by atoms with E-state index in [0.29, 0.717) is 19.4 Å². The molecule has 12 heteroatoms. The molecule has 0 aromatic heterocycles. The molecule has 5 atom stereocenters. The minimum absolute atomic E-state index is 0.242. The Bertz CT molecular complexity index is 931. The number of ether oxygens (including phenoxy) is 2. The van der Waals surface area contributed by atoms with E-state index in [9.17, 15) is 34.5 Å². The second-order valence-electron chi connectivity index (χ2n) is 7.55. The van der Waals surface area contributed by atoms with E-state index in [1.54, 1.807) is 24.3 Å². The Kier molecular flexibility index (Phi) is 7.76. The Balaban J connectivity index is 1.47. The molecule has 3 rings (SSSR count). The molecular weight excluding hydrogens is 440 g/mol. The Labute approximate surface area is 188 Å². The second kappa shape index (κ2) is 10.5. The van der Waals surface area contributed by atoms with Gasteiger partial charge in [0.05, 0.1) is 0 Å². The maximum Gasteiger partial charge on any atom is 0.335 e. The summed E-state index contributed by atoms with van der Waals surface area (Å²) in [6.45, 7) is -0.0576. The van der Waals surface area contributed by atoms with Crippen molar-refractivity contribution in [1.29, 1.82) is 0 Å². The number of aliphatic hydroxyl groups is 3. The fraction of sp³-hybridized carbons (Fsp3) is 0.429. The summed E-state index contributed by atoms with van der Waals surface area (Å²) in [6, 6.07) is 6.62. The van der Waals surface area contributed by atoms with E-state index in [4.69, 9.17) is 14.6 Å². The zero-order valence-corrected chi connectivity index (χ0v) is 17.4. The Morgan fingerprint density at radius 2 is 1.76 bits per heavy atom. The number of hydrogen-bond acceptors (Lipinski definition) is 9. The minimum atomic E-state index is -1.81. The van der Waals surface area contributed by atoms with Gasteiger partial charge in [0.15, 0.2) is 6.10 Å². The van der Waals surface area contributed by atoms with Gasteiger partial charge in [0.1, 0.15) is 30.6 Å². The van der Waals surface area contributed by atoms with Crippen LogP contribution in [-0.2, 0) is 30.3 Å². The lowest BCUT2D eigenvalue weighted by atomic mass is 9.99. The van der Waals surface area contributed by atoms with Crippen LogP contribution in [0.4, 0.5) is 0 Å². The van der Waals surface area contributed by atoms with Crippen LogP contribution in [-0.4, -0.2) is 92.8 Å². The first-order valence-electron chi connectivity index (χ1n) is 10.2. The maximum absolute atomic E-state index is 11.9. The molecule has 5 N–H and O–H groups in total. The first kappa shape index (κ1) is 24.3. The largest absolute Gasteiger partial charge is 0.479 e. The number of aryl methyl sites for hydroxylation is 1. The van der Waals surface area contributed by atoms with Crippen molar-refractivity contribution in [2.24, 2.45) is 0 Å². The van der Waals surface area contributed by atoms with Gasteiger partial charge in [-0.3, -0.25) is 19.3 Å². The molecule has 33 heavy (non-hydrogen) atoms. The average molecular weight is 464 g/mol. The molecule has 1 aromatic carbocycles. The van der Waals surface area contributed by atoms with E-state index in [1.807, 2.05) is 0 Å². The Hall–Kier alpha value is -3.32. The number of aliphatic hydroxyl groups excluding tert-OH is 3. The minimum Gasteiger partial charge on any atom is -0.479 e. The molecule has 1 fully saturated rings. The molecule has 0 radical (unpaired) electrons. The van der Waals surface area contributed by atoms with E-state index in [-0.39, 0.29) is 12.3 Å². The van der Waals surface area contributed by atoms with Crippen LogP contribution < -0.4 is 10.1 Å². The highest BCUT2D eigenvalue weighted by Crippen LogP contribution is 2.25. The molecule has 3 amide bonds. The van der Waals surface area contributed by atoms with Crippen LogP contribution in [0.3, 0.4) is 0 Å². The molecule has 12 nitrogen and oxygen atoms in total.